The fourth-order valence-corrected chi connectivity index (χ4v) is 4.38. The van der Waals surface area contributed by atoms with E-state index in [2.05, 4.69) is 6.92 Å². The third kappa shape index (κ3) is 11.6. The molecular weight excluding hydrogens is 335 g/mol. The van der Waals surface area contributed by atoms with Crippen LogP contribution in [0.1, 0.15) is 71.6 Å². The second-order valence-electron chi connectivity index (χ2n) is 5.23. The lowest BCUT2D eigenvalue weighted by molar-refractivity contribution is -0.125. The van der Waals surface area contributed by atoms with Crippen molar-refractivity contribution < 1.29 is 9.47 Å². The van der Waals surface area contributed by atoms with Crippen LogP contribution in [0.15, 0.2) is 0 Å². The molecule has 0 aromatic heterocycles. The van der Waals surface area contributed by atoms with Gasteiger partial charge in [0.05, 0.1) is 5.73 Å². The largest absolute Gasteiger partial charge is 0.369 e. The van der Waals surface area contributed by atoms with Gasteiger partial charge in [-0.2, -0.15) is 0 Å². The summed E-state index contributed by atoms with van der Waals surface area (Å²) in [5.41, 5.74) is -0.275. The van der Waals surface area contributed by atoms with Crippen molar-refractivity contribution in [3.05, 3.63) is 0 Å². The first kappa shape index (κ1) is 21.0. The SMILES string of the molecule is CCCCCCCCCCC(OC(C)OC)[Si](Cl)(Cl)Cl. The van der Waals surface area contributed by atoms with Crippen molar-refractivity contribution in [3.63, 3.8) is 0 Å². The number of hydrogen-bond donors (Lipinski definition) is 0. The summed E-state index contributed by atoms with van der Waals surface area (Å²) in [4.78, 5) is 0. The topological polar surface area (TPSA) is 18.5 Å². The smallest absolute Gasteiger partial charge is 0.356 e. The van der Waals surface area contributed by atoms with E-state index in [1.165, 1.54) is 44.9 Å². The second-order valence-corrected chi connectivity index (χ2v) is 14.1. The zero-order chi connectivity index (χ0) is 15.4. The van der Waals surface area contributed by atoms with Crippen LogP contribution in [0.5, 0.6) is 0 Å². The van der Waals surface area contributed by atoms with Crippen LogP contribution >= 0.6 is 33.2 Å². The molecule has 0 radical (unpaired) electrons. The molecule has 0 aliphatic rings. The van der Waals surface area contributed by atoms with Gasteiger partial charge in [0.25, 0.3) is 0 Å². The Morgan fingerprint density at radius 2 is 1.40 bits per heavy atom. The van der Waals surface area contributed by atoms with Gasteiger partial charge in [0.2, 0.25) is 0 Å². The molecular formula is C14H29Cl3O2Si. The molecule has 0 saturated heterocycles. The quantitative estimate of drug-likeness (QED) is 0.171. The Kier molecular flexibility index (Phi) is 13.2. The Bertz CT molecular complexity index is 225. The fraction of sp³-hybridized carbons (Fsp3) is 1.00. The van der Waals surface area contributed by atoms with Gasteiger partial charge in [-0.05, 0) is 13.3 Å². The van der Waals surface area contributed by atoms with Gasteiger partial charge in [0.1, 0.15) is 0 Å². The van der Waals surface area contributed by atoms with Crippen molar-refractivity contribution in [1.82, 2.24) is 0 Å². The number of methoxy groups -OCH3 is 1. The van der Waals surface area contributed by atoms with Crippen molar-refractivity contribution in [3.8, 4) is 0 Å². The molecule has 6 heteroatoms. The summed E-state index contributed by atoms with van der Waals surface area (Å²) in [5, 5.41) is 0. The van der Waals surface area contributed by atoms with E-state index < -0.39 is 6.00 Å². The van der Waals surface area contributed by atoms with E-state index in [1.54, 1.807) is 7.11 Å². The lowest BCUT2D eigenvalue weighted by atomic mass is 10.1. The van der Waals surface area contributed by atoms with Crippen LogP contribution in [0.25, 0.3) is 0 Å². The minimum atomic E-state index is -2.84. The molecule has 2 unspecified atom stereocenters. The number of halogens is 3. The highest BCUT2D eigenvalue weighted by molar-refractivity contribution is 7.65. The monoisotopic (exact) mass is 362 g/mol. The van der Waals surface area contributed by atoms with Crippen molar-refractivity contribution in [2.75, 3.05) is 7.11 Å². The zero-order valence-corrected chi connectivity index (χ0v) is 16.2. The summed E-state index contributed by atoms with van der Waals surface area (Å²) in [6.45, 7) is 4.06. The van der Waals surface area contributed by atoms with Crippen LogP contribution in [-0.4, -0.2) is 25.1 Å². The van der Waals surface area contributed by atoms with E-state index in [0.29, 0.717) is 0 Å². The second kappa shape index (κ2) is 12.5. The average molecular weight is 364 g/mol. The predicted molar refractivity (Wildman–Crippen MR) is 91.9 cm³/mol. The highest BCUT2D eigenvalue weighted by atomic mass is 35.8. The first-order valence-electron chi connectivity index (χ1n) is 7.66. The van der Waals surface area contributed by atoms with Crippen molar-refractivity contribution in [1.29, 1.82) is 0 Å². The molecule has 20 heavy (non-hydrogen) atoms. The maximum absolute atomic E-state index is 6.09. The predicted octanol–water partition coefficient (Wildman–Crippen LogP) is 6.09. The fourth-order valence-electron chi connectivity index (χ4n) is 2.06. The molecule has 0 aliphatic heterocycles. The molecule has 122 valence electrons. The average Bonchev–Trinajstić information content (AvgIpc) is 2.38. The standard InChI is InChI=1S/C14H29Cl3O2Si/c1-4-5-6-7-8-9-10-11-12-14(20(15,16)17)19-13(2)18-3/h13-14H,4-12H2,1-3H3. The Balaban J connectivity index is 3.75. The highest BCUT2D eigenvalue weighted by Gasteiger charge is 2.38. The normalized spacial score (nSPS) is 15.3. The van der Waals surface area contributed by atoms with Crippen molar-refractivity contribution in [2.45, 2.75) is 83.7 Å². The molecule has 2 atom stereocenters. The summed E-state index contributed by atoms with van der Waals surface area (Å²) in [7, 11) is 1.60. The third-order valence-electron chi connectivity index (χ3n) is 3.37. The van der Waals surface area contributed by atoms with Gasteiger partial charge in [-0.3, -0.25) is 0 Å². The summed E-state index contributed by atoms with van der Waals surface area (Å²) in [6, 6.07) is -2.84. The van der Waals surface area contributed by atoms with Crippen molar-refractivity contribution in [2.24, 2.45) is 0 Å². The van der Waals surface area contributed by atoms with Gasteiger partial charge >= 0.3 is 6.00 Å². The van der Waals surface area contributed by atoms with Gasteiger partial charge in [0, 0.05) is 7.11 Å². The molecule has 0 saturated carbocycles. The lowest BCUT2D eigenvalue weighted by Gasteiger charge is -2.25. The number of hydrogen-bond acceptors (Lipinski definition) is 2. The molecule has 0 fully saturated rings. The van der Waals surface area contributed by atoms with Crippen LogP contribution in [0.4, 0.5) is 0 Å². The van der Waals surface area contributed by atoms with E-state index in [9.17, 15) is 0 Å². The van der Waals surface area contributed by atoms with Gasteiger partial charge in [-0.1, -0.05) is 58.3 Å². The van der Waals surface area contributed by atoms with Crippen LogP contribution in [0, 0.1) is 0 Å². The maximum atomic E-state index is 6.09. The summed E-state index contributed by atoms with van der Waals surface area (Å²) in [6.07, 6.45) is 10.6. The van der Waals surface area contributed by atoms with Crippen LogP contribution < -0.4 is 0 Å². The van der Waals surface area contributed by atoms with Gasteiger partial charge in [-0.25, -0.2) is 0 Å². The van der Waals surface area contributed by atoms with Gasteiger partial charge < -0.3 is 9.47 Å². The highest BCUT2D eigenvalue weighted by Crippen LogP contribution is 2.30. The third-order valence-corrected chi connectivity index (χ3v) is 6.72. The maximum Gasteiger partial charge on any atom is 0.369 e. The summed E-state index contributed by atoms with van der Waals surface area (Å²) >= 11 is 18.3. The summed E-state index contributed by atoms with van der Waals surface area (Å²) < 4.78 is 10.7. The van der Waals surface area contributed by atoms with E-state index in [4.69, 9.17) is 42.7 Å². The molecule has 2 nitrogen and oxygen atoms in total. The summed E-state index contributed by atoms with van der Waals surface area (Å²) in [5.74, 6) is 0. The Morgan fingerprint density at radius 3 is 1.85 bits per heavy atom. The molecule has 0 heterocycles. The molecule has 0 bridgehead atoms. The first-order valence-corrected chi connectivity index (χ1v) is 12.8. The van der Waals surface area contributed by atoms with E-state index in [-0.39, 0.29) is 12.0 Å². The Labute approximate surface area is 139 Å². The van der Waals surface area contributed by atoms with Crippen LogP contribution in [0.2, 0.25) is 0 Å². The van der Waals surface area contributed by atoms with Gasteiger partial charge in [0.15, 0.2) is 6.29 Å². The number of ether oxygens (including phenoxy) is 2. The number of unbranched alkanes of at least 4 members (excludes halogenated alkanes) is 7. The lowest BCUT2D eigenvalue weighted by Crippen LogP contribution is -2.37. The number of rotatable bonds is 13. The van der Waals surface area contributed by atoms with Crippen LogP contribution in [-0.2, 0) is 9.47 Å². The van der Waals surface area contributed by atoms with Gasteiger partial charge in [-0.15, -0.1) is 33.2 Å². The van der Waals surface area contributed by atoms with E-state index in [1.807, 2.05) is 6.92 Å². The van der Waals surface area contributed by atoms with E-state index >= 15 is 0 Å². The molecule has 0 aromatic rings. The minimum absolute atomic E-state index is 0.275. The Hall–Kier alpha value is 1.01. The molecule has 0 aromatic carbocycles. The molecule has 0 N–H and O–H groups in total. The molecule has 0 spiro atoms. The molecule has 0 aliphatic carbocycles. The Morgan fingerprint density at radius 1 is 0.900 bits per heavy atom. The first-order chi connectivity index (χ1) is 9.41. The van der Waals surface area contributed by atoms with Crippen molar-refractivity contribution >= 4 is 39.2 Å². The van der Waals surface area contributed by atoms with Crippen LogP contribution in [0.3, 0.4) is 0 Å². The zero-order valence-electron chi connectivity index (χ0n) is 13.0. The van der Waals surface area contributed by atoms with E-state index in [0.717, 1.165) is 12.8 Å². The minimum Gasteiger partial charge on any atom is -0.356 e. The molecule has 0 rings (SSSR count). The molecule has 0 amide bonds.